The van der Waals surface area contributed by atoms with Crippen LogP contribution in [0.2, 0.25) is 0 Å². The van der Waals surface area contributed by atoms with E-state index in [0.717, 1.165) is 11.1 Å². The highest BCUT2D eigenvalue weighted by molar-refractivity contribution is 7.88. The quantitative estimate of drug-likeness (QED) is 0.677. The molecule has 0 aliphatic carbocycles. The van der Waals surface area contributed by atoms with E-state index >= 15 is 0 Å². The van der Waals surface area contributed by atoms with Crippen LogP contribution in [0.5, 0.6) is 0 Å². The Hall–Kier alpha value is -1.93. The molecule has 1 amide bonds. The Kier molecular flexibility index (Phi) is 6.95. The molecule has 8 heteroatoms. The summed E-state index contributed by atoms with van der Waals surface area (Å²) in [4.78, 5) is 26.3. The van der Waals surface area contributed by atoms with E-state index in [-0.39, 0.29) is 29.5 Å². The first-order valence-corrected chi connectivity index (χ1v) is 11.8. The maximum Gasteiger partial charge on any atom is 0.308 e. The average molecular weight is 423 g/mol. The van der Waals surface area contributed by atoms with Crippen LogP contribution in [0, 0.1) is 18.8 Å². The van der Waals surface area contributed by atoms with Crippen molar-refractivity contribution in [1.82, 2.24) is 9.21 Å². The Morgan fingerprint density at radius 3 is 2.24 bits per heavy atom. The molecule has 0 unspecified atom stereocenters. The summed E-state index contributed by atoms with van der Waals surface area (Å²) >= 11 is 0. The molecule has 2 aliphatic rings. The normalized spacial score (nSPS) is 19.9. The summed E-state index contributed by atoms with van der Waals surface area (Å²) in [7, 11) is -2.00. The Morgan fingerprint density at radius 2 is 1.66 bits per heavy atom. The Bertz CT molecular complexity index is 838. The molecule has 2 saturated heterocycles. The predicted molar refractivity (Wildman–Crippen MR) is 109 cm³/mol. The van der Waals surface area contributed by atoms with E-state index in [1.807, 2.05) is 36.1 Å². The van der Waals surface area contributed by atoms with Gasteiger partial charge in [0.05, 0.1) is 18.8 Å². The maximum absolute atomic E-state index is 12.8. The van der Waals surface area contributed by atoms with Gasteiger partial charge in [0.2, 0.25) is 15.9 Å². The molecule has 0 radical (unpaired) electrons. The number of rotatable bonds is 5. The van der Waals surface area contributed by atoms with Crippen LogP contribution in [0.25, 0.3) is 0 Å². The highest BCUT2D eigenvalue weighted by atomic mass is 32.2. The summed E-state index contributed by atoms with van der Waals surface area (Å²) in [6, 6.07) is 7.54. The molecule has 2 heterocycles. The smallest absolute Gasteiger partial charge is 0.308 e. The first kappa shape index (κ1) is 21.8. The Morgan fingerprint density at radius 1 is 1.03 bits per heavy atom. The minimum absolute atomic E-state index is 0.00562. The van der Waals surface area contributed by atoms with Gasteiger partial charge >= 0.3 is 5.97 Å². The maximum atomic E-state index is 12.8. The molecule has 160 valence electrons. The van der Waals surface area contributed by atoms with E-state index in [1.165, 1.54) is 11.4 Å². The zero-order valence-corrected chi connectivity index (χ0v) is 18.0. The lowest BCUT2D eigenvalue weighted by Crippen LogP contribution is -2.47. The topological polar surface area (TPSA) is 84.0 Å². The first-order chi connectivity index (χ1) is 13.8. The second kappa shape index (κ2) is 9.26. The van der Waals surface area contributed by atoms with E-state index in [2.05, 4.69) is 0 Å². The molecule has 1 aromatic carbocycles. The van der Waals surface area contributed by atoms with Gasteiger partial charge in [-0.1, -0.05) is 29.8 Å². The minimum Gasteiger partial charge on any atom is -0.469 e. The molecular weight excluding hydrogens is 392 g/mol. The molecule has 0 saturated carbocycles. The largest absolute Gasteiger partial charge is 0.469 e. The minimum atomic E-state index is -3.39. The summed E-state index contributed by atoms with van der Waals surface area (Å²) in [5.41, 5.74) is 1.83. The molecule has 0 spiro atoms. The third-order valence-corrected chi connectivity index (χ3v) is 7.82. The van der Waals surface area contributed by atoms with Crippen molar-refractivity contribution in [3.05, 3.63) is 35.4 Å². The predicted octanol–water partition coefficient (Wildman–Crippen LogP) is 1.95. The second-order valence-electron chi connectivity index (χ2n) is 8.04. The van der Waals surface area contributed by atoms with Crippen LogP contribution >= 0.6 is 0 Å². The van der Waals surface area contributed by atoms with E-state index in [9.17, 15) is 18.0 Å². The van der Waals surface area contributed by atoms with Gasteiger partial charge in [-0.05, 0) is 38.2 Å². The van der Waals surface area contributed by atoms with Gasteiger partial charge in [0.1, 0.15) is 0 Å². The number of nitrogens with zero attached hydrogens (tertiary/aromatic N) is 2. The summed E-state index contributed by atoms with van der Waals surface area (Å²) in [6.45, 7) is 3.82. The number of benzene rings is 1. The number of hydrogen-bond donors (Lipinski definition) is 0. The van der Waals surface area contributed by atoms with Gasteiger partial charge < -0.3 is 9.64 Å². The van der Waals surface area contributed by atoms with Gasteiger partial charge in [-0.25, -0.2) is 12.7 Å². The summed E-state index contributed by atoms with van der Waals surface area (Å²) in [5.74, 6) is -0.394. The van der Waals surface area contributed by atoms with Crippen molar-refractivity contribution in [2.75, 3.05) is 33.3 Å². The zero-order chi connectivity index (χ0) is 21.0. The number of sulfonamides is 1. The highest BCUT2D eigenvalue weighted by Crippen LogP contribution is 2.26. The van der Waals surface area contributed by atoms with Crippen LogP contribution in [0.4, 0.5) is 0 Å². The third kappa shape index (κ3) is 5.36. The molecule has 29 heavy (non-hydrogen) atoms. The fourth-order valence-electron chi connectivity index (χ4n) is 4.25. The fraction of sp³-hybridized carbons (Fsp3) is 0.619. The summed E-state index contributed by atoms with van der Waals surface area (Å²) in [5, 5.41) is 0. The van der Waals surface area contributed by atoms with Gasteiger partial charge in [0, 0.05) is 32.1 Å². The molecule has 7 nitrogen and oxygen atoms in total. The lowest BCUT2D eigenvalue weighted by atomic mass is 9.92. The number of methoxy groups -OCH3 is 1. The van der Waals surface area contributed by atoms with Gasteiger partial charge in [-0.15, -0.1) is 0 Å². The molecular formula is C21H30N2O5S. The lowest BCUT2D eigenvalue weighted by Gasteiger charge is -2.36. The molecule has 0 atom stereocenters. The molecule has 0 aromatic heterocycles. The van der Waals surface area contributed by atoms with Crippen molar-refractivity contribution in [1.29, 1.82) is 0 Å². The zero-order valence-electron chi connectivity index (χ0n) is 17.2. The van der Waals surface area contributed by atoms with Crippen LogP contribution in [0.1, 0.15) is 36.8 Å². The Labute approximate surface area is 173 Å². The molecule has 3 rings (SSSR count). The average Bonchev–Trinajstić information content (AvgIpc) is 2.72. The van der Waals surface area contributed by atoms with E-state index < -0.39 is 10.0 Å². The van der Waals surface area contributed by atoms with Crippen LogP contribution in [-0.2, 0) is 30.1 Å². The SMILES string of the molecule is COC(=O)C1CCN(C(=O)C2CCN(S(=O)(=O)Cc3cccc(C)c3)CC2)CC1. The Balaban J connectivity index is 1.51. The van der Waals surface area contributed by atoms with Gasteiger partial charge in [0.25, 0.3) is 0 Å². The number of aryl methyl sites for hydroxylation is 1. The molecule has 0 N–H and O–H groups in total. The van der Waals surface area contributed by atoms with Gasteiger partial charge in [0.15, 0.2) is 0 Å². The lowest BCUT2D eigenvalue weighted by molar-refractivity contribution is -0.149. The van der Waals surface area contributed by atoms with E-state index in [0.29, 0.717) is 51.9 Å². The number of hydrogen-bond acceptors (Lipinski definition) is 5. The number of ether oxygens (including phenoxy) is 1. The number of carbonyl (C=O) groups excluding carboxylic acids is 2. The number of esters is 1. The second-order valence-corrected chi connectivity index (χ2v) is 10.0. The molecule has 0 bridgehead atoms. The molecule has 2 fully saturated rings. The molecule has 1 aromatic rings. The first-order valence-electron chi connectivity index (χ1n) is 10.2. The summed E-state index contributed by atoms with van der Waals surface area (Å²) in [6.07, 6.45) is 2.34. The van der Waals surface area contributed by atoms with Crippen molar-refractivity contribution in [2.24, 2.45) is 11.8 Å². The van der Waals surface area contributed by atoms with Crippen LogP contribution in [-0.4, -0.2) is 62.8 Å². The summed E-state index contributed by atoms with van der Waals surface area (Å²) < 4.78 is 31.8. The number of carbonyl (C=O) groups is 2. The monoisotopic (exact) mass is 422 g/mol. The van der Waals surface area contributed by atoms with Crippen molar-refractivity contribution in [2.45, 2.75) is 38.4 Å². The third-order valence-electron chi connectivity index (χ3n) is 5.97. The van der Waals surface area contributed by atoms with Gasteiger partial charge in [-0.2, -0.15) is 0 Å². The molecule has 2 aliphatic heterocycles. The van der Waals surface area contributed by atoms with Crippen LogP contribution in [0.3, 0.4) is 0 Å². The van der Waals surface area contributed by atoms with Crippen molar-refractivity contribution in [3.63, 3.8) is 0 Å². The standard InChI is InChI=1S/C21H30N2O5S/c1-16-4-3-5-17(14-16)15-29(26,27)23-12-8-18(9-13-23)20(24)22-10-6-19(7-11-22)21(25)28-2/h3-5,14,18-19H,6-13,15H2,1-2H3. The van der Waals surface area contributed by atoms with Crippen molar-refractivity contribution >= 4 is 21.9 Å². The highest BCUT2D eigenvalue weighted by Gasteiger charge is 2.35. The van der Waals surface area contributed by atoms with E-state index in [1.54, 1.807) is 0 Å². The van der Waals surface area contributed by atoms with Crippen molar-refractivity contribution in [3.8, 4) is 0 Å². The fourth-order valence-corrected chi connectivity index (χ4v) is 5.80. The number of likely N-dealkylation sites (tertiary alicyclic amines) is 1. The van der Waals surface area contributed by atoms with Crippen LogP contribution in [0.15, 0.2) is 24.3 Å². The number of piperidine rings is 2. The number of amides is 1. The van der Waals surface area contributed by atoms with Gasteiger partial charge in [-0.3, -0.25) is 9.59 Å². The van der Waals surface area contributed by atoms with E-state index in [4.69, 9.17) is 4.74 Å². The van der Waals surface area contributed by atoms with Crippen LogP contribution < -0.4 is 0 Å². The van der Waals surface area contributed by atoms with Crippen molar-refractivity contribution < 1.29 is 22.7 Å².